The molecule has 0 atom stereocenters. The molecule has 0 aliphatic carbocycles. The van der Waals surface area contributed by atoms with Gasteiger partial charge < -0.3 is 4.90 Å². The van der Waals surface area contributed by atoms with E-state index in [0.717, 1.165) is 6.42 Å². The summed E-state index contributed by atoms with van der Waals surface area (Å²) in [5.74, 6) is 0.428. The molecule has 0 heterocycles. The standard InChI is InChI=1S/C12H14Cl3NO/c1-2-16(7-3-6-13)12(17)10-8-9(14)4-5-11(10)15/h4-5,8H,2-3,6-7H2,1H3. The van der Waals surface area contributed by atoms with Crippen LogP contribution in [0.5, 0.6) is 0 Å². The molecule has 5 heteroatoms. The third kappa shape index (κ3) is 4.06. The zero-order valence-corrected chi connectivity index (χ0v) is 11.8. The Hall–Kier alpha value is -0.440. The van der Waals surface area contributed by atoms with E-state index in [1.165, 1.54) is 0 Å². The zero-order chi connectivity index (χ0) is 12.8. The van der Waals surface area contributed by atoms with Crippen molar-refractivity contribution in [3.8, 4) is 0 Å². The van der Waals surface area contributed by atoms with Crippen LogP contribution in [0.2, 0.25) is 10.0 Å². The molecular weight excluding hydrogens is 280 g/mol. The van der Waals surface area contributed by atoms with E-state index >= 15 is 0 Å². The topological polar surface area (TPSA) is 20.3 Å². The average Bonchev–Trinajstić information content (AvgIpc) is 2.33. The van der Waals surface area contributed by atoms with Crippen LogP contribution in [-0.4, -0.2) is 29.8 Å². The first-order chi connectivity index (χ1) is 8.10. The fraction of sp³-hybridized carbons (Fsp3) is 0.417. The molecule has 0 N–H and O–H groups in total. The molecule has 1 aromatic rings. The number of carbonyl (C=O) groups excluding carboxylic acids is 1. The van der Waals surface area contributed by atoms with Gasteiger partial charge in [-0.15, -0.1) is 11.6 Å². The molecule has 1 aromatic carbocycles. The van der Waals surface area contributed by atoms with Gasteiger partial charge >= 0.3 is 0 Å². The second kappa shape index (κ2) is 7.10. The average molecular weight is 295 g/mol. The van der Waals surface area contributed by atoms with E-state index in [2.05, 4.69) is 0 Å². The molecule has 1 rings (SSSR count). The molecule has 0 aliphatic heterocycles. The van der Waals surface area contributed by atoms with Crippen LogP contribution in [0.25, 0.3) is 0 Å². The highest BCUT2D eigenvalue weighted by Gasteiger charge is 2.16. The Morgan fingerprint density at radius 2 is 2.06 bits per heavy atom. The van der Waals surface area contributed by atoms with Gasteiger partial charge in [-0.1, -0.05) is 23.2 Å². The molecule has 0 fully saturated rings. The highest BCUT2D eigenvalue weighted by molar-refractivity contribution is 6.35. The molecule has 0 bridgehead atoms. The van der Waals surface area contributed by atoms with Crippen LogP contribution in [0.15, 0.2) is 18.2 Å². The molecule has 17 heavy (non-hydrogen) atoms. The number of hydrogen-bond donors (Lipinski definition) is 0. The molecule has 0 saturated heterocycles. The first kappa shape index (κ1) is 14.6. The van der Waals surface area contributed by atoms with E-state index in [1.54, 1.807) is 23.1 Å². The van der Waals surface area contributed by atoms with Crippen LogP contribution in [0.3, 0.4) is 0 Å². The van der Waals surface area contributed by atoms with Gasteiger partial charge in [0.05, 0.1) is 10.6 Å². The maximum absolute atomic E-state index is 12.2. The molecule has 2 nitrogen and oxygen atoms in total. The van der Waals surface area contributed by atoms with Crippen molar-refractivity contribution in [1.29, 1.82) is 0 Å². The maximum atomic E-state index is 12.2. The lowest BCUT2D eigenvalue weighted by atomic mass is 10.2. The number of alkyl halides is 1. The largest absolute Gasteiger partial charge is 0.339 e. The summed E-state index contributed by atoms with van der Waals surface area (Å²) >= 11 is 17.5. The van der Waals surface area contributed by atoms with Gasteiger partial charge in [0.2, 0.25) is 0 Å². The van der Waals surface area contributed by atoms with Crippen molar-refractivity contribution in [3.05, 3.63) is 33.8 Å². The number of nitrogens with zero attached hydrogens (tertiary/aromatic N) is 1. The predicted octanol–water partition coefficient (Wildman–Crippen LogP) is 4.08. The fourth-order valence-corrected chi connectivity index (χ4v) is 1.98. The lowest BCUT2D eigenvalue weighted by Crippen LogP contribution is -2.32. The van der Waals surface area contributed by atoms with E-state index in [0.29, 0.717) is 34.6 Å². The number of benzene rings is 1. The minimum Gasteiger partial charge on any atom is -0.339 e. The van der Waals surface area contributed by atoms with Gasteiger partial charge in [-0.3, -0.25) is 4.79 Å². The Balaban J connectivity index is 2.89. The van der Waals surface area contributed by atoms with E-state index in [1.807, 2.05) is 6.92 Å². The Morgan fingerprint density at radius 3 is 2.65 bits per heavy atom. The molecule has 1 amide bonds. The van der Waals surface area contributed by atoms with E-state index < -0.39 is 0 Å². The summed E-state index contributed by atoms with van der Waals surface area (Å²) in [7, 11) is 0. The molecule has 0 saturated carbocycles. The molecule has 0 unspecified atom stereocenters. The van der Waals surface area contributed by atoms with Gasteiger partial charge in [-0.25, -0.2) is 0 Å². The van der Waals surface area contributed by atoms with Crippen molar-refractivity contribution in [1.82, 2.24) is 4.90 Å². The molecule has 94 valence electrons. The fourth-order valence-electron chi connectivity index (χ4n) is 1.49. The Kier molecular flexibility index (Phi) is 6.10. The van der Waals surface area contributed by atoms with Crippen molar-refractivity contribution in [2.45, 2.75) is 13.3 Å². The third-order valence-electron chi connectivity index (χ3n) is 2.39. The summed E-state index contributed by atoms with van der Waals surface area (Å²) in [5.41, 5.74) is 0.440. The summed E-state index contributed by atoms with van der Waals surface area (Å²) in [4.78, 5) is 13.9. The smallest absolute Gasteiger partial charge is 0.255 e. The highest BCUT2D eigenvalue weighted by atomic mass is 35.5. The maximum Gasteiger partial charge on any atom is 0.255 e. The van der Waals surface area contributed by atoms with E-state index in [9.17, 15) is 4.79 Å². The Morgan fingerprint density at radius 1 is 1.35 bits per heavy atom. The van der Waals surface area contributed by atoms with Crippen molar-refractivity contribution in [3.63, 3.8) is 0 Å². The second-order valence-corrected chi connectivity index (χ2v) is 4.77. The molecular formula is C12H14Cl3NO. The van der Waals surface area contributed by atoms with Gasteiger partial charge in [0.1, 0.15) is 0 Å². The normalized spacial score (nSPS) is 10.4. The minimum absolute atomic E-state index is 0.106. The summed E-state index contributed by atoms with van der Waals surface area (Å²) in [6.07, 6.45) is 0.763. The number of hydrogen-bond acceptors (Lipinski definition) is 1. The molecule has 0 aliphatic rings. The number of rotatable bonds is 5. The van der Waals surface area contributed by atoms with Crippen molar-refractivity contribution >= 4 is 40.7 Å². The Labute approximate surface area is 116 Å². The van der Waals surface area contributed by atoms with Crippen molar-refractivity contribution in [2.24, 2.45) is 0 Å². The van der Waals surface area contributed by atoms with Gasteiger partial charge in [-0.2, -0.15) is 0 Å². The predicted molar refractivity (Wildman–Crippen MR) is 73.4 cm³/mol. The van der Waals surface area contributed by atoms with Crippen LogP contribution < -0.4 is 0 Å². The number of amides is 1. The number of carbonyl (C=O) groups is 1. The third-order valence-corrected chi connectivity index (χ3v) is 3.22. The molecule has 0 spiro atoms. The van der Waals surface area contributed by atoms with Crippen LogP contribution in [0.4, 0.5) is 0 Å². The van der Waals surface area contributed by atoms with Crippen LogP contribution in [-0.2, 0) is 0 Å². The van der Waals surface area contributed by atoms with Gasteiger partial charge in [0.15, 0.2) is 0 Å². The van der Waals surface area contributed by atoms with E-state index in [4.69, 9.17) is 34.8 Å². The van der Waals surface area contributed by atoms with Crippen LogP contribution in [0.1, 0.15) is 23.7 Å². The summed E-state index contributed by atoms with van der Waals surface area (Å²) in [6.45, 7) is 3.17. The van der Waals surface area contributed by atoms with E-state index in [-0.39, 0.29) is 5.91 Å². The van der Waals surface area contributed by atoms with Crippen molar-refractivity contribution in [2.75, 3.05) is 19.0 Å². The Bertz CT molecular complexity index is 395. The molecule has 0 radical (unpaired) electrons. The zero-order valence-electron chi connectivity index (χ0n) is 9.55. The summed E-state index contributed by atoms with van der Waals surface area (Å²) < 4.78 is 0. The first-order valence-corrected chi connectivity index (χ1v) is 6.69. The minimum atomic E-state index is -0.106. The second-order valence-electron chi connectivity index (χ2n) is 3.55. The van der Waals surface area contributed by atoms with Gasteiger partial charge in [-0.05, 0) is 31.5 Å². The summed E-state index contributed by atoms with van der Waals surface area (Å²) in [5, 5.41) is 0.926. The quantitative estimate of drug-likeness (QED) is 0.749. The monoisotopic (exact) mass is 293 g/mol. The van der Waals surface area contributed by atoms with Gasteiger partial charge in [0.25, 0.3) is 5.91 Å². The lowest BCUT2D eigenvalue weighted by Gasteiger charge is -2.21. The number of halogens is 3. The lowest BCUT2D eigenvalue weighted by molar-refractivity contribution is 0.0765. The first-order valence-electron chi connectivity index (χ1n) is 5.40. The van der Waals surface area contributed by atoms with Gasteiger partial charge in [0, 0.05) is 24.0 Å². The highest BCUT2D eigenvalue weighted by Crippen LogP contribution is 2.22. The van der Waals surface area contributed by atoms with Crippen molar-refractivity contribution < 1.29 is 4.79 Å². The van der Waals surface area contributed by atoms with Crippen LogP contribution in [0, 0.1) is 0 Å². The molecule has 0 aromatic heterocycles. The summed E-state index contributed by atoms with van der Waals surface area (Å²) in [6, 6.07) is 4.89. The van der Waals surface area contributed by atoms with Crippen LogP contribution >= 0.6 is 34.8 Å². The SMILES string of the molecule is CCN(CCCCl)C(=O)c1cc(Cl)ccc1Cl.